The van der Waals surface area contributed by atoms with Gasteiger partial charge in [-0.1, -0.05) is 6.07 Å². The quantitative estimate of drug-likeness (QED) is 0.490. The van der Waals surface area contributed by atoms with E-state index in [1.54, 1.807) is 11.3 Å². The van der Waals surface area contributed by atoms with Gasteiger partial charge >= 0.3 is 0 Å². The molecule has 1 aliphatic carbocycles. The van der Waals surface area contributed by atoms with Gasteiger partial charge in [0.1, 0.15) is 11.9 Å². The van der Waals surface area contributed by atoms with E-state index in [0.29, 0.717) is 5.56 Å². The van der Waals surface area contributed by atoms with Crippen molar-refractivity contribution in [3.8, 4) is 17.6 Å². The number of rotatable bonds is 3. The summed E-state index contributed by atoms with van der Waals surface area (Å²) >= 11 is 1.61. The van der Waals surface area contributed by atoms with Gasteiger partial charge in [-0.3, -0.25) is 0 Å². The molecule has 0 fully saturated rings. The lowest BCUT2D eigenvalue weighted by Crippen LogP contribution is -2.15. The first kappa shape index (κ1) is 17.0. The Hall–Kier alpha value is -3.17. The normalized spacial score (nSPS) is 15.9. The molecule has 0 spiro atoms. The van der Waals surface area contributed by atoms with Crippen molar-refractivity contribution in [2.75, 3.05) is 0 Å². The van der Waals surface area contributed by atoms with Crippen LogP contribution in [0.1, 0.15) is 40.6 Å². The van der Waals surface area contributed by atoms with Crippen LogP contribution in [-0.2, 0) is 6.42 Å². The van der Waals surface area contributed by atoms with Crippen molar-refractivity contribution in [2.45, 2.75) is 32.3 Å². The fourth-order valence-electron chi connectivity index (χ4n) is 3.83. The Morgan fingerprint density at radius 1 is 1.25 bits per heavy atom. The highest BCUT2D eigenvalue weighted by Gasteiger charge is 2.22. The van der Waals surface area contributed by atoms with E-state index >= 15 is 0 Å². The van der Waals surface area contributed by atoms with Crippen molar-refractivity contribution in [1.29, 1.82) is 5.26 Å². The molecule has 2 aromatic heterocycles. The Morgan fingerprint density at radius 3 is 3.00 bits per heavy atom. The van der Waals surface area contributed by atoms with Gasteiger partial charge in [0.05, 0.1) is 28.4 Å². The Morgan fingerprint density at radius 2 is 2.18 bits per heavy atom. The molecule has 28 heavy (non-hydrogen) atoms. The van der Waals surface area contributed by atoms with Crippen LogP contribution >= 0.6 is 11.3 Å². The van der Waals surface area contributed by atoms with E-state index in [2.05, 4.69) is 16.2 Å². The molecule has 0 unspecified atom stereocenters. The first-order chi connectivity index (χ1) is 13.7. The van der Waals surface area contributed by atoms with Crippen molar-refractivity contribution < 1.29 is 4.74 Å². The van der Waals surface area contributed by atoms with Gasteiger partial charge in [-0.25, -0.2) is 9.67 Å². The molecular formula is C22H18N4OS. The predicted octanol–water partition coefficient (Wildman–Crippen LogP) is 5.12. The first-order valence-electron chi connectivity index (χ1n) is 9.31. The average molecular weight is 386 g/mol. The second-order valence-electron chi connectivity index (χ2n) is 7.03. The number of fused-ring (bicyclic) bond motifs is 2. The molecule has 0 saturated carbocycles. The summed E-state index contributed by atoms with van der Waals surface area (Å²) in [7, 11) is 0. The van der Waals surface area contributed by atoms with E-state index < -0.39 is 0 Å². The summed E-state index contributed by atoms with van der Waals surface area (Å²) in [5, 5.41) is 17.7. The van der Waals surface area contributed by atoms with Crippen LogP contribution in [0.2, 0.25) is 0 Å². The van der Waals surface area contributed by atoms with Crippen LogP contribution in [0.25, 0.3) is 16.7 Å². The van der Waals surface area contributed by atoms with E-state index in [9.17, 15) is 0 Å². The number of aryl methyl sites for hydroxylation is 2. The molecule has 2 heterocycles. The summed E-state index contributed by atoms with van der Waals surface area (Å²) in [4.78, 5) is 4.55. The van der Waals surface area contributed by atoms with Crippen molar-refractivity contribution in [2.24, 2.45) is 0 Å². The molecule has 0 bridgehead atoms. The van der Waals surface area contributed by atoms with Crippen LogP contribution in [0.15, 0.2) is 48.0 Å². The summed E-state index contributed by atoms with van der Waals surface area (Å²) in [6, 6.07) is 14.2. The predicted molar refractivity (Wildman–Crippen MR) is 109 cm³/mol. The lowest BCUT2D eigenvalue weighted by Gasteiger charge is -2.26. The number of benzene rings is 2. The summed E-state index contributed by atoms with van der Waals surface area (Å²) < 4.78 is 8.25. The van der Waals surface area contributed by atoms with E-state index in [-0.39, 0.29) is 6.10 Å². The zero-order valence-electron chi connectivity index (χ0n) is 15.4. The van der Waals surface area contributed by atoms with E-state index in [0.717, 1.165) is 46.7 Å². The molecule has 6 heteroatoms. The number of nitrogens with zero attached hydrogens (tertiary/aromatic N) is 4. The van der Waals surface area contributed by atoms with Crippen molar-refractivity contribution in [3.05, 3.63) is 69.7 Å². The summed E-state index contributed by atoms with van der Waals surface area (Å²) in [5.41, 5.74) is 4.11. The SMILES string of the molecule is Cc1nc(-n2ncc3ccc(O[C@@H]4CCCc5cc(C#N)ccc54)cc32)cs1. The third kappa shape index (κ3) is 2.94. The number of nitriles is 1. The molecule has 0 radical (unpaired) electrons. The Kier molecular flexibility index (Phi) is 4.10. The molecule has 138 valence electrons. The van der Waals surface area contributed by atoms with Crippen LogP contribution in [0.4, 0.5) is 0 Å². The fraction of sp³-hybridized carbons (Fsp3) is 0.227. The number of hydrogen-bond acceptors (Lipinski definition) is 5. The third-order valence-corrected chi connectivity index (χ3v) is 5.94. The van der Waals surface area contributed by atoms with E-state index in [1.165, 1.54) is 11.1 Å². The van der Waals surface area contributed by atoms with Gasteiger partial charge in [0, 0.05) is 16.8 Å². The molecule has 5 nitrogen and oxygen atoms in total. The van der Waals surface area contributed by atoms with Crippen molar-refractivity contribution in [1.82, 2.24) is 14.8 Å². The summed E-state index contributed by atoms with van der Waals surface area (Å²) in [6.07, 6.45) is 4.89. The van der Waals surface area contributed by atoms with Crippen LogP contribution in [0.3, 0.4) is 0 Å². The monoisotopic (exact) mass is 386 g/mol. The lowest BCUT2D eigenvalue weighted by atomic mass is 9.88. The molecule has 0 saturated heterocycles. The standard InChI is InChI=1S/C22H18N4OS/c1-14-25-22(13-28-14)26-20-10-18(7-6-17(20)12-24-26)27-21-4-2-3-16-9-15(11-23)5-8-19(16)21/h5-10,12-13,21H,2-4H2,1H3/t21-/m1/s1. The minimum atomic E-state index is 0.00633. The molecule has 4 aromatic rings. The van der Waals surface area contributed by atoms with Crippen molar-refractivity contribution >= 4 is 22.2 Å². The number of thiazole rings is 1. The number of hydrogen-bond donors (Lipinski definition) is 0. The summed E-state index contributed by atoms with van der Waals surface area (Å²) in [6.45, 7) is 1.99. The molecule has 0 amide bonds. The van der Waals surface area contributed by atoms with Crippen LogP contribution in [0, 0.1) is 18.3 Å². The van der Waals surface area contributed by atoms with Gasteiger partial charge < -0.3 is 4.74 Å². The molecule has 1 atom stereocenters. The molecule has 5 rings (SSSR count). The van der Waals surface area contributed by atoms with Crippen LogP contribution in [0.5, 0.6) is 5.75 Å². The number of ether oxygens (including phenoxy) is 1. The van der Waals surface area contributed by atoms with Crippen molar-refractivity contribution in [3.63, 3.8) is 0 Å². The maximum Gasteiger partial charge on any atom is 0.165 e. The highest BCUT2D eigenvalue weighted by molar-refractivity contribution is 7.09. The van der Waals surface area contributed by atoms with Crippen LogP contribution in [-0.4, -0.2) is 14.8 Å². The average Bonchev–Trinajstić information content (AvgIpc) is 3.33. The minimum absolute atomic E-state index is 0.00633. The van der Waals surface area contributed by atoms with E-state index in [4.69, 9.17) is 10.00 Å². The summed E-state index contributed by atoms with van der Waals surface area (Å²) in [5.74, 6) is 1.66. The number of aromatic nitrogens is 3. The largest absolute Gasteiger partial charge is 0.486 e. The molecular weight excluding hydrogens is 368 g/mol. The Labute approximate surface area is 166 Å². The molecule has 1 aliphatic rings. The van der Waals surface area contributed by atoms with Gasteiger partial charge in [0.15, 0.2) is 5.82 Å². The Balaban J connectivity index is 1.49. The topological polar surface area (TPSA) is 63.7 Å². The first-order valence-corrected chi connectivity index (χ1v) is 10.2. The van der Waals surface area contributed by atoms with Gasteiger partial charge in [-0.2, -0.15) is 10.4 Å². The highest BCUT2D eigenvalue weighted by Crippen LogP contribution is 2.35. The van der Waals surface area contributed by atoms with Gasteiger partial charge in [-0.15, -0.1) is 11.3 Å². The highest BCUT2D eigenvalue weighted by atomic mass is 32.1. The molecule has 0 N–H and O–H groups in total. The van der Waals surface area contributed by atoms with Gasteiger partial charge in [-0.05, 0) is 61.6 Å². The maximum atomic E-state index is 9.15. The zero-order chi connectivity index (χ0) is 19.1. The Bertz CT molecular complexity index is 1220. The molecule has 0 aliphatic heterocycles. The second kappa shape index (κ2) is 6.77. The molecule has 2 aromatic carbocycles. The minimum Gasteiger partial charge on any atom is -0.486 e. The maximum absolute atomic E-state index is 9.15. The second-order valence-corrected chi connectivity index (χ2v) is 8.09. The lowest BCUT2D eigenvalue weighted by molar-refractivity contribution is 0.183. The van der Waals surface area contributed by atoms with Gasteiger partial charge in [0.25, 0.3) is 0 Å². The fourth-order valence-corrected chi connectivity index (χ4v) is 4.40. The smallest absolute Gasteiger partial charge is 0.165 e. The van der Waals surface area contributed by atoms with Crippen LogP contribution < -0.4 is 4.74 Å². The third-order valence-electron chi connectivity index (χ3n) is 5.18. The zero-order valence-corrected chi connectivity index (χ0v) is 16.2. The van der Waals surface area contributed by atoms with E-state index in [1.807, 2.05) is 59.6 Å². The van der Waals surface area contributed by atoms with Gasteiger partial charge in [0.2, 0.25) is 0 Å².